The highest BCUT2D eigenvalue weighted by Crippen LogP contribution is 2.08. The fourth-order valence-electron chi connectivity index (χ4n) is 2.41. The van der Waals surface area contributed by atoms with Crippen molar-refractivity contribution < 1.29 is 0 Å². The first-order valence-electron chi connectivity index (χ1n) is 8.40. The Bertz CT molecular complexity index is 601. The zero-order chi connectivity index (χ0) is 17.2. The number of rotatable bonds is 8. The van der Waals surface area contributed by atoms with E-state index in [9.17, 15) is 0 Å². The third-order valence-corrected chi connectivity index (χ3v) is 5.00. The molecule has 1 heterocycles. The van der Waals surface area contributed by atoms with Crippen LogP contribution in [0.2, 0.25) is 0 Å². The number of guanidine groups is 1. The Kier molecular flexibility index (Phi) is 10.8. The zero-order valence-corrected chi connectivity index (χ0v) is 18.4. The molecule has 1 aromatic carbocycles. The Balaban J connectivity index is 0.00000312. The largest absolute Gasteiger partial charge is 0.356 e. The van der Waals surface area contributed by atoms with Gasteiger partial charge in [0.2, 0.25) is 0 Å². The minimum absolute atomic E-state index is 0. The summed E-state index contributed by atoms with van der Waals surface area (Å²) in [6.45, 7) is 4.94. The molecule has 0 amide bonds. The lowest BCUT2D eigenvalue weighted by atomic mass is 10.2. The number of hydrogen-bond donors (Lipinski definition) is 2. The molecule has 0 saturated carbocycles. The third-order valence-electron chi connectivity index (χ3n) is 4.06. The van der Waals surface area contributed by atoms with Crippen molar-refractivity contribution in [2.75, 3.05) is 27.2 Å². The molecule has 25 heavy (non-hydrogen) atoms. The van der Waals surface area contributed by atoms with Crippen LogP contribution in [0, 0.1) is 0 Å². The van der Waals surface area contributed by atoms with Gasteiger partial charge in [-0.2, -0.15) is 0 Å². The zero-order valence-electron chi connectivity index (χ0n) is 15.2. The summed E-state index contributed by atoms with van der Waals surface area (Å²) in [5.74, 6) is 0.867. The lowest BCUT2D eigenvalue weighted by Crippen LogP contribution is -2.45. The van der Waals surface area contributed by atoms with E-state index >= 15 is 0 Å². The van der Waals surface area contributed by atoms with Gasteiger partial charge in [-0.1, -0.05) is 36.4 Å². The van der Waals surface area contributed by atoms with E-state index in [1.54, 1.807) is 11.3 Å². The van der Waals surface area contributed by atoms with Crippen LogP contribution in [0.25, 0.3) is 0 Å². The molecule has 0 fully saturated rings. The van der Waals surface area contributed by atoms with Crippen molar-refractivity contribution in [1.82, 2.24) is 15.5 Å². The Hall–Kier alpha value is -1.12. The van der Waals surface area contributed by atoms with Gasteiger partial charge in [0.25, 0.3) is 0 Å². The van der Waals surface area contributed by atoms with Crippen LogP contribution in [-0.4, -0.2) is 44.1 Å². The van der Waals surface area contributed by atoms with E-state index in [2.05, 4.69) is 82.3 Å². The average Bonchev–Trinajstić information content (AvgIpc) is 3.12. The second kappa shape index (κ2) is 12.3. The minimum Gasteiger partial charge on any atom is -0.356 e. The SMILES string of the molecule is CN=C(NCCc1cccs1)NCC(C)N(C)Cc1ccccc1.I. The van der Waals surface area contributed by atoms with E-state index in [1.807, 2.05) is 7.05 Å². The van der Waals surface area contributed by atoms with Crippen LogP contribution < -0.4 is 10.6 Å². The normalized spacial score (nSPS) is 12.6. The Morgan fingerprint density at radius 1 is 1.16 bits per heavy atom. The van der Waals surface area contributed by atoms with E-state index in [1.165, 1.54) is 10.4 Å². The van der Waals surface area contributed by atoms with E-state index in [0.29, 0.717) is 6.04 Å². The van der Waals surface area contributed by atoms with Gasteiger partial charge in [0.15, 0.2) is 5.96 Å². The quantitative estimate of drug-likeness (QED) is 0.351. The predicted molar refractivity (Wildman–Crippen MR) is 120 cm³/mol. The maximum absolute atomic E-state index is 4.30. The second-order valence-electron chi connectivity index (χ2n) is 5.96. The Morgan fingerprint density at radius 3 is 2.56 bits per heavy atom. The predicted octanol–water partition coefficient (Wildman–Crippen LogP) is 3.59. The topological polar surface area (TPSA) is 39.7 Å². The molecule has 0 saturated heterocycles. The number of halogens is 1. The van der Waals surface area contributed by atoms with Crippen molar-refractivity contribution in [2.24, 2.45) is 4.99 Å². The molecule has 6 heteroatoms. The minimum atomic E-state index is 0. The van der Waals surface area contributed by atoms with Crippen molar-refractivity contribution in [2.45, 2.75) is 25.9 Å². The van der Waals surface area contributed by atoms with Gasteiger partial charge in [-0.05, 0) is 37.4 Å². The third kappa shape index (κ3) is 8.20. The molecular formula is C19H29IN4S. The lowest BCUT2D eigenvalue weighted by molar-refractivity contribution is 0.249. The molecule has 1 atom stereocenters. The van der Waals surface area contributed by atoms with E-state index < -0.39 is 0 Å². The number of hydrogen-bond acceptors (Lipinski definition) is 3. The Morgan fingerprint density at radius 2 is 1.92 bits per heavy atom. The van der Waals surface area contributed by atoms with Crippen molar-refractivity contribution >= 4 is 41.3 Å². The highest BCUT2D eigenvalue weighted by Gasteiger charge is 2.10. The highest BCUT2D eigenvalue weighted by atomic mass is 127. The van der Waals surface area contributed by atoms with Crippen LogP contribution in [0.3, 0.4) is 0 Å². The van der Waals surface area contributed by atoms with Crippen molar-refractivity contribution in [3.8, 4) is 0 Å². The lowest BCUT2D eigenvalue weighted by Gasteiger charge is -2.25. The molecule has 0 spiro atoms. The number of likely N-dealkylation sites (N-methyl/N-ethyl adjacent to an activating group) is 1. The van der Waals surface area contributed by atoms with Gasteiger partial charge >= 0.3 is 0 Å². The van der Waals surface area contributed by atoms with Gasteiger partial charge in [0.1, 0.15) is 0 Å². The van der Waals surface area contributed by atoms with E-state index in [4.69, 9.17) is 0 Å². The summed E-state index contributed by atoms with van der Waals surface area (Å²) in [5, 5.41) is 8.91. The molecule has 0 aliphatic carbocycles. The van der Waals surface area contributed by atoms with Crippen LogP contribution in [0.1, 0.15) is 17.4 Å². The van der Waals surface area contributed by atoms with Crippen LogP contribution >= 0.6 is 35.3 Å². The first-order chi connectivity index (χ1) is 11.7. The smallest absolute Gasteiger partial charge is 0.191 e. The monoisotopic (exact) mass is 472 g/mol. The summed E-state index contributed by atoms with van der Waals surface area (Å²) in [5.41, 5.74) is 1.34. The summed E-state index contributed by atoms with van der Waals surface area (Å²) in [6, 6.07) is 15.3. The first-order valence-corrected chi connectivity index (χ1v) is 9.28. The first kappa shape index (κ1) is 21.9. The summed E-state index contributed by atoms with van der Waals surface area (Å²) < 4.78 is 0. The maximum Gasteiger partial charge on any atom is 0.191 e. The number of aliphatic imine (C=N–C) groups is 1. The van der Waals surface area contributed by atoms with Gasteiger partial charge in [0.05, 0.1) is 0 Å². The molecule has 1 aromatic heterocycles. The molecule has 0 aliphatic heterocycles. The summed E-state index contributed by atoms with van der Waals surface area (Å²) in [6.07, 6.45) is 1.03. The molecule has 0 bridgehead atoms. The molecule has 138 valence electrons. The molecule has 0 aliphatic rings. The van der Waals surface area contributed by atoms with Crippen LogP contribution in [0.5, 0.6) is 0 Å². The number of thiophene rings is 1. The molecule has 2 N–H and O–H groups in total. The van der Waals surface area contributed by atoms with Crippen molar-refractivity contribution in [3.63, 3.8) is 0 Å². The standard InChI is InChI=1S/C19H28N4S.HI/c1-16(23(3)15-17-8-5-4-6-9-17)14-22-19(20-2)21-12-11-18-10-7-13-24-18;/h4-10,13,16H,11-12,14-15H2,1-3H3,(H2,20,21,22);1H. The summed E-state index contributed by atoms with van der Waals surface area (Å²) in [7, 11) is 3.98. The summed E-state index contributed by atoms with van der Waals surface area (Å²) in [4.78, 5) is 8.05. The van der Waals surface area contributed by atoms with Crippen LogP contribution in [0.4, 0.5) is 0 Å². The second-order valence-corrected chi connectivity index (χ2v) is 6.99. The molecule has 0 radical (unpaired) electrons. The van der Waals surface area contributed by atoms with Gasteiger partial charge in [-0.3, -0.25) is 9.89 Å². The highest BCUT2D eigenvalue weighted by molar-refractivity contribution is 14.0. The number of nitrogens with zero attached hydrogens (tertiary/aromatic N) is 2. The van der Waals surface area contributed by atoms with E-state index in [0.717, 1.165) is 32.0 Å². The fourth-order valence-corrected chi connectivity index (χ4v) is 3.12. The molecule has 2 rings (SSSR count). The summed E-state index contributed by atoms with van der Waals surface area (Å²) >= 11 is 1.80. The van der Waals surface area contributed by atoms with Gasteiger partial charge in [-0.25, -0.2) is 0 Å². The number of benzene rings is 1. The van der Waals surface area contributed by atoms with Crippen LogP contribution in [-0.2, 0) is 13.0 Å². The van der Waals surface area contributed by atoms with Crippen molar-refractivity contribution in [3.05, 3.63) is 58.3 Å². The fraction of sp³-hybridized carbons (Fsp3) is 0.421. The average molecular weight is 472 g/mol. The Labute approximate surface area is 172 Å². The van der Waals surface area contributed by atoms with Crippen molar-refractivity contribution in [1.29, 1.82) is 0 Å². The molecule has 2 aromatic rings. The van der Waals surface area contributed by atoms with Gasteiger partial charge < -0.3 is 10.6 Å². The van der Waals surface area contributed by atoms with E-state index in [-0.39, 0.29) is 24.0 Å². The molecule has 4 nitrogen and oxygen atoms in total. The van der Waals surface area contributed by atoms with Gasteiger partial charge in [0, 0.05) is 37.6 Å². The van der Waals surface area contributed by atoms with Gasteiger partial charge in [-0.15, -0.1) is 35.3 Å². The molecular weight excluding hydrogens is 443 g/mol. The number of nitrogens with one attached hydrogen (secondary N) is 2. The van der Waals surface area contributed by atoms with Crippen LogP contribution in [0.15, 0.2) is 52.8 Å². The maximum atomic E-state index is 4.30. The molecule has 1 unspecified atom stereocenters.